The fourth-order valence-electron chi connectivity index (χ4n) is 1.77. The number of hydrogen-bond donors (Lipinski definition) is 2. The van der Waals surface area contributed by atoms with Crippen molar-refractivity contribution in [3.05, 3.63) is 56.0 Å². The van der Waals surface area contributed by atoms with E-state index in [1.165, 1.54) is 0 Å². The molecule has 20 heavy (non-hydrogen) atoms. The summed E-state index contributed by atoms with van der Waals surface area (Å²) in [5, 5.41) is 4.43. The lowest BCUT2D eigenvalue weighted by atomic mass is 10.1. The highest BCUT2D eigenvalue weighted by atomic mass is 79.9. The summed E-state index contributed by atoms with van der Waals surface area (Å²) in [6.45, 7) is 1.94. The van der Waals surface area contributed by atoms with E-state index in [9.17, 15) is 0 Å². The number of anilines is 2. The number of hydrogen-bond acceptors (Lipinski definition) is 2. The SMILES string of the molecule is Cc1cc(Br)c(Nc2cccc(Cl)c2C(N)=S)cc1Cl. The van der Waals surface area contributed by atoms with Crippen molar-refractivity contribution in [2.24, 2.45) is 5.73 Å². The first-order valence-electron chi connectivity index (χ1n) is 5.71. The van der Waals surface area contributed by atoms with E-state index >= 15 is 0 Å². The fourth-order valence-corrected chi connectivity index (χ4v) is 3.04. The number of benzene rings is 2. The third-order valence-corrected chi connectivity index (χ3v) is 4.36. The fraction of sp³-hybridized carbons (Fsp3) is 0.0714. The number of rotatable bonds is 3. The van der Waals surface area contributed by atoms with Crippen LogP contribution in [0.4, 0.5) is 11.4 Å². The molecule has 3 N–H and O–H groups in total. The van der Waals surface area contributed by atoms with Gasteiger partial charge in [-0.25, -0.2) is 0 Å². The van der Waals surface area contributed by atoms with Crippen molar-refractivity contribution in [1.29, 1.82) is 0 Å². The second-order valence-corrected chi connectivity index (χ2v) is 6.34. The Bertz CT molecular complexity index is 689. The molecule has 0 saturated heterocycles. The zero-order valence-electron chi connectivity index (χ0n) is 10.5. The molecular weight excluding hydrogens is 379 g/mol. The van der Waals surface area contributed by atoms with Crippen LogP contribution in [0.1, 0.15) is 11.1 Å². The second-order valence-electron chi connectivity index (χ2n) is 4.23. The Balaban J connectivity index is 2.48. The maximum Gasteiger partial charge on any atom is 0.107 e. The van der Waals surface area contributed by atoms with Crippen molar-refractivity contribution in [1.82, 2.24) is 0 Å². The molecule has 0 fully saturated rings. The van der Waals surface area contributed by atoms with Gasteiger partial charge in [-0.05, 0) is 52.7 Å². The number of thiocarbonyl (C=S) groups is 1. The van der Waals surface area contributed by atoms with Gasteiger partial charge in [-0.2, -0.15) is 0 Å². The zero-order valence-corrected chi connectivity index (χ0v) is 14.4. The molecule has 0 radical (unpaired) electrons. The molecule has 0 spiro atoms. The first-order chi connectivity index (χ1) is 9.40. The number of nitrogens with two attached hydrogens (primary N) is 1. The molecule has 0 bridgehead atoms. The van der Waals surface area contributed by atoms with Crippen LogP contribution in [0.25, 0.3) is 0 Å². The van der Waals surface area contributed by atoms with E-state index in [1.807, 2.05) is 31.2 Å². The van der Waals surface area contributed by atoms with Gasteiger partial charge in [0, 0.05) is 9.50 Å². The molecule has 6 heteroatoms. The normalized spacial score (nSPS) is 10.4. The summed E-state index contributed by atoms with van der Waals surface area (Å²) in [5.41, 5.74) is 8.90. The zero-order chi connectivity index (χ0) is 14.9. The standard InChI is InChI=1S/C14H11BrCl2N2S/c1-7-5-8(15)12(6-10(7)17)19-11-4-2-3-9(16)13(11)14(18)20/h2-6,19H,1H3,(H2,18,20). The van der Waals surface area contributed by atoms with Gasteiger partial charge in [0.1, 0.15) is 4.99 Å². The maximum atomic E-state index is 6.15. The van der Waals surface area contributed by atoms with Crippen molar-refractivity contribution in [3.63, 3.8) is 0 Å². The van der Waals surface area contributed by atoms with Gasteiger partial charge in [-0.3, -0.25) is 0 Å². The largest absolute Gasteiger partial charge is 0.389 e. The predicted octanol–water partition coefficient (Wildman–Crippen LogP) is 5.44. The lowest BCUT2D eigenvalue weighted by Crippen LogP contribution is -2.12. The van der Waals surface area contributed by atoms with Crippen LogP contribution >= 0.6 is 51.3 Å². The lowest BCUT2D eigenvalue weighted by Gasteiger charge is -2.14. The van der Waals surface area contributed by atoms with Gasteiger partial charge in [-0.1, -0.05) is 41.5 Å². The number of nitrogens with one attached hydrogen (secondary N) is 1. The quantitative estimate of drug-likeness (QED) is 0.686. The Kier molecular flexibility index (Phi) is 4.91. The van der Waals surface area contributed by atoms with Crippen molar-refractivity contribution in [3.8, 4) is 0 Å². The highest BCUT2D eigenvalue weighted by molar-refractivity contribution is 9.10. The van der Waals surface area contributed by atoms with Crippen LogP contribution in [0.5, 0.6) is 0 Å². The first kappa shape index (κ1) is 15.6. The molecule has 0 saturated carbocycles. The third-order valence-electron chi connectivity index (χ3n) is 2.78. The minimum absolute atomic E-state index is 0.243. The summed E-state index contributed by atoms with van der Waals surface area (Å²) in [6.07, 6.45) is 0. The van der Waals surface area contributed by atoms with E-state index < -0.39 is 0 Å². The maximum absolute atomic E-state index is 6.15. The van der Waals surface area contributed by atoms with Crippen LogP contribution in [-0.4, -0.2) is 4.99 Å². The third kappa shape index (κ3) is 3.26. The Morgan fingerprint density at radius 2 is 1.90 bits per heavy atom. The Morgan fingerprint density at radius 3 is 2.55 bits per heavy atom. The summed E-state index contributed by atoms with van der Waals surface area (Å²) in [6, 6.07) is 9.22. The Labute approximate surface area is 141 Å². The summed E-state index contributed by atoms with van der Waals surface area (Å²) < 4.78 is 0.897. The van der Waals surface area contributed by atoms with Crippen LogP contribution in [0, 0.1) is 6.92 Å². The first-order valence-corrected chi connectivity index (χ1v) is 7.67. The molecule has 0 aliphatic carbocycles. The predicted molar refractivity (Wildman–Crippen MR) is 94.5 cm³/mol. The molecule has 0 amide bonds. The smallest absolute Gasteiger partial charge is 0.107 e. The average Bonchev–Trinajstić information content (AvgIpc) is 2.35. The molecule has 0 unspecified atom stereocenters. The van der Waals surface area contributed by atoms with Crippen molar-refractivity contribution >= 4 is 67.7 Å². The molecule has 0 aromatic heterocycles. The summed E-state index contributed by atoms with van der Waals surface area (Å²) >= 11 is 20.8. The molecular formula is C14H11BrCl2N2S. The molecule has 0 aliphatic rings. The molecule has 0 aliphatic heterocycles. The average molecular weight is 390 g/mol. The summed E-state index contributed by atoms with van der Waals surface area (Å²) in [5.74, 6) is 0. The van der Waals surface area contributed by atoms with Crippen LogP contribution in [0.15, 0.2) is 34.8 Å². The van der Waals surface area contributed by atoms with Gasteiger partial charge < -0.3 is 11.1 Å². The summed E-state index contributed by atoms with van der Waals surface area (Å²) in [4.78, 5) is 0.243. The van der Waals surface area contributed by atoms with E-state index in [-0.39, 0.29) is 4.99 Å². The van der Waals surface area contributed by atoms with E-state index in [0.717, 1.165) is 21.4 Å². The number of halogens is 3. The topological polar surface area (TPSA) is 38.0 Å². The monoisotopic (exact) mass is 388 g/mol. The van der Waals surface area contributed by atoms with Gasteiger partial charge in [0.2, 0.25) is 0 Å². The molecule has 0 atom stereocenters. The van der Waals surface area contributed by atoms with Gasteiger partial charge in [-0.15, -0.1) is 0 Å². The molecule has 2 rings (SSSR count). The van der Waals surface area contributed by atoms with E-state index in [1.54, 1.807) is 6.07 Å². The molecule has 2 nitrogen and oxygen atoms in total. The van der Waals surface area contributed by atoms with Gasteiger partial charge in [0.05, 0.1) is 22.0 Å². The van der Waals surface area contributed by atoms with Crippen molar-refractivity contribution < 1.29 is 0 Å². The molecule has 104 valence electrons. The minimum atomic E-state index is 0.243. The highest BCUT2D eigenvalue weighted by Crippen LogP contribution is 2.33. The van der Waals surface area contributed by atoms with Gasteiger partial charge >= 0.3 is 0 Å². The van der Waals surface area contributed by atoms with E-state index in [2.05, 4.69) is 21.2 Å². The second kappa shape index (κ2) is 6.31. The lowest BCUT2D eigenvalue weighted by molar-refractivity contribution is 1.43. The van der Waals surface area contributed by atoms with Crippen LogP contribution in [0.2, 0.25) is 10.0 Å². The number of aryl methyl sites for hydroxylation is 1. The Hall–Kier alpha value is -0.810. The van der Waals surface area contributed by atoms with Crippen LogP contribution in [-0.2, 0) is 0 Å². The minimum Gasteiger partial charge on any atom is -0.389 e. The van der Waals surface area contributed by atoms with Crippen molar-refractivity contribution in [2.75, 3.05) is 5.32 Å². The molecule has 2 aromatic rings. The molecule has 2 aromatic carbocycles. The van der Waals surface area contributed by atoms with E-state index in [0.29, 0.717) is 15.6 Å². The van der Waals surface area contributed by atoms with E-state index in [4.69, 9.17) is 41.2 Å². The van der Waals surface area contributed by atoms with Gasteiger partial charge in [0.25, 0.3) is 0 Å². The van der Waals surface area contributed by atoms with Gasteiger partial charge in [0.15, 0.2) is 0 Å². The highest BCUT2D eigenvalue weighted by Gasteiger charge is 2.12. The van der Waals surface area contributed by atoms with Crippen LogP contribution in [0.3, 0.4) is 0 Å². The van der Waals surface area contributed by atoms with Crippen LogP contribution < -0.4 is 11.1 Å². The Morgan fingerprint density at radius 1 is 1.20 bits per heavy atom. The summed E-state index contributed by atoms with van der Waals surface area (Å²) in [7, 11) is 0. The van der Waals surface area contributed by atoms with Crippen molar-refractivity contribution in [2.45, 2.75) is 6.92 Å². The molecule has 0 heterocycles.